The Balaban J connectivity index is 2.67. The topological polar surface area (TPSA) is 59.0 Å². The number of ether oxygens (including phenoxy) is 1. The Morgan fingerprint density at radius 2 is 2.11 bits per heavy atom. The predicted molar refractivity (Wildman–Crippen MR) is 69.8 cm³/mol. The molecule has 1 heterocycles. The fourth-order valence-corrected chi connectivity index (χ4v) is 1.83. The minimum atomic E-state index is -0.542. The molecule has 1 rings (SSSR count). The average Bonchev–Trinajstić information content (AvgIpc) is 2.72. The number of hydrogen-bond acceptors (Lipinski definition) is 3. The van der Waals surface area contributed by atoms with E-state index in [1.807, 2.05) is 27.7 Å². The summed E-state index contributed by atoms with van der Waals surface area (Å²) in [7, 11) is 0. The van der Waals surface area contributed by atoms with Gasteiger partial charge in [0, 0.05) is 12.8 Å². The first kappa shape index (κ1) is 14.7. The lowest BCUT2D eigenvalue weighted by atomic mass is 10.2. The summed E-state index contributed by atoms with van der Waals surface area (Å²) in [5.74, 6) is -0.250. The zero-order valence-corrected chi connectivity index (χ0v) is 11.6. The van der Waals surface area contributed by atoms with Gasteiger partial charge in [0.25, 0.3) is 5.91 Å². The predicted octanol–water partition coefficient (Wildman–Crippen LogP) is 2.39. The van der Waals surface area contributed by atoms with Gasteiger partial charge in [-0.3, -0.25) is 9.69 Å². The number of carbonyl (C=O) groups excluding carboxylic acids is 2. The maximum Gasteiger partial charge on any atom is 0.410 e. The van der Waals surface area contributed by atoms with Gasteiger partial charge in [-0.1, -0.05) is 6.92 Å². The van der Waals surface area contributed by atoms with Crippen LogP contribution in [-0.2, 0) is 9.53 Å². The molecule has 1 aliphatic rings. The molecule has 0 saturated carbocycles. The molecule has 102 valence electrons. The second-order valence-electron chi connectivity index (χ2n) is 5.39. The van der Waals surface area contributed by atoms with E-state index in [1.165, 1.54) is 4.90 Å². The summed E-state index contributed by atoms with van der Waals surface area (Å²) < 4.78 is 5.29. The van der Waals surface area contributed by atoms with Gasteiger partial charge in [-0.05, 0) is 40.0 Å². The minimum Gasteiger partial charge on any atom is -0.444 e. The van der Waals surface area contributed by atoms with Gasteiger partial charge < -0.3 is 4.74 Å². The number of hydrogen-bond donors (Lipinski definition) is 0. The molecule has 5 heteroatoms. The van der Waals surface area contributed by atoms with Crippen molar-refractivity contribution < 1.29 is 14.3 Å². The molecular formula is C13H22N2O3. The lowest BCUT2D eigenvalue weighted by Crippen LogP contribution is -2.42. The molecule has 0 radical (unpaired) electrons. The van der Waals surface area contributed by atoms with Crippen molar-refractivity contribution in [3.8, 4) is 0 Å². The van der Waals surface area contributed by atoms with E-state index >= 15 is 0 Å². The highest BCUT2D eigenvalue weighted by Gasteiger charge is 2.36. The monoisotopic (exact) mass is 254 g/mol. The fraction of sp³-hybridized carbons (Fsp3) is 0.769. The van der Waals surface area contributed by atoms with Gasteiger partial charge in [-0.2, -0.15) is 0 Å². The fourth-order valence-electron chi connectivity index (χ4n) is 1.83. The smallest absolute Gasteiger partial charge is 0.410 e. The zero-order valence-electron chi connectivity index (χ0n) is 11.6. The van der Waals surface area contributed by atoms with Crippen LogP contribution < -0.4 is 0 Å². The van der Waals surface area contributed by atoms with Gasteiger partial charge >= 0.3 is 6.09 Å². The van der Waals surface area contributed by atoms with Crippen LogP contribution in [0.4, 0.5) is 4.79 Å². The molecule has 5 nitrogen and oxygen atoms in total. The molecule has 2 amide bonds. The van der Waals surface area contributed by atoms with Crippen molar-refractivity contribution in [1.82, 2.24) is 4.90 Å². The summed E-state index contributed by atoms with van der Waals surface area (Å²) >= 11 is 0. The van der Waals surface area contributed by atoms with Gasteiger partial charge in [0.2, 0.25) is 0 Å². The summed E-state index contributed by atoms with van der Waals surface area (Å²) in [5, 5.41) is 0. The van der Waals surface area contributed by atoms with Crippen LogP contribution in [0.1, 0.15) is 47.0 Å². The van der Waals surface area contributed by atoms with Crippen LogP contribution in [-0.4, -0.2) is 41.3 Å². The quantitative estimate of drug-likeness (QED) is 0.711. The van der Waals surface area contributed by atoms with Crippen molar-refractivity contribution >= 4 is 18.2 Å². The van der Waals surface area contributed by atoms with E-state index in [4.69, 9.17) is 4.74 Å². The van der Waals surface area contributed by atoms with Crippen LogP contribution >= 0.6 is 0 Å². The van der Waals surface area contributed by atoms with Crippen molar-refractivity contribution in [3.05, 3.63) is 0 Å². The van der Waals surface area contributed by atoms with Crippen LogP contribution in [0.25, 0.3) is 0 Å². The molecular weight excluding hydrogens is 232 g/mol. The second kappa shape index (κ2) is 5.98. The lowest BCUT2D eigenvalue weighted by Gasteiger charge is -2.27. The standard InChI is InChI=1S/C13H22N2O3/c1-5-8-14-11(16)10-7-6-9-15(10)12(17)18-13(2,3)4/h8,10H,5-7,9H2,1-4H3. The third-order valence-electron chi connectivity index (χ3n) is 2.57. The lowest BCUT2D eigenvalue weighted by molar-refractivity contribution is -0.122. The molecule has 0 aliphatic carbocycles. The Hall–Kier alpha value is -1.39. The van der Waals surface area contributed by atoms with Crippen LogP contribution in [0.5, 0.6) is 0 Å². The molecule has 18 heavy (non-hydrogen) atoms. The number of carbonyl (C=O) groups is 2. The maximum absolute atomic E-state index is 11.9. The first-order valence-electron chi connectivity index (χ1n) is 6.41. The van der Waals surface area contributed by atoms with Gasteiger partial charge in [-0.25, -0.2) is 9.79 Å². The van der Waals surface area contributed by atoms with Crippen molar-refractivity contribution in [1.29, 1.82) is 0 Å². The highest BCUT2D eigenvalue weighted by Crippen LogP contribution is 2.21. The highest BCUT2D eigenvalue weighted by molar-refractivity contribution is 5.91. The van der Waals surface area contributed by atoms with Crippen molar-refractivity contribution in [2.75, 3.05) is 6.54 Å². The average molecular weight is 254 g/mol. The van der Waals surface area contributed by atoms with E-state index in [0.29, 0.717) is 19.4 Å². The SMILES string of the molecule is CCC=NC(=O)C1CCCN1C(=O)OC(C)(C)C. The Bertz CT molecular complexity index is 345. The molecule has 0 bridgehead atoms. The number of rotatable bonds is 2. The first-order chi connectivity index (χ1) is 8.35. The largest absolute Gasteiger partial charge is 0.444 e. The third-order valence-corrected chi connectivity index (χ3v) is 2.57. The summed E-state index contributed by atoms with van der Waals surface area (Å²) in [6, 6.07) is -0.456. The summed E-state index contributed by atoms with van der Waals surface area (Å²) in [4.78, 5) is 29.1. The van der Waals surface area contributed by atoms with Gasteiger partial charge in [0.15, 0.2) is 0 Å². The van der Waals surface area contributed by atoms with Gasteiger partial charge in [0.1, 0.15) is 11.6 Å². The van der Waals surface area contributed by atoms with Crippen molar-refractivity contribution in [2.24, 2.45) is 4.99 Å². The Kier molecular flexibility index (Phi) is 4.87. The molecule has 0 aromatic rings. The number of amides is 2. The van der Waals surface area contributed by atoms with Crippen LogP contribution in [0.3, 0.4) is 0 Å². The van der Waals surface area contributed by atoms with E-state index in [1.54, 1.807) is 6.21 Å². The van der Waals surface area contributed by atoms with Crippen LogP contribution in [0, 0.1) is 0 Å². The van der Waals surface area contributed by atoms with Crippen LogP contribution in [0.15, 0.2) is 4.99 Å². The molecule has 0 N–H and O–H groups in total. The highest BCUT2D eigenvalue weighted by atomic mass is 16.6. The molecule has 1 aliphatic heterocycles. The van der Waals surface area contributed by atoms with E-state index in [9.17, 15) is 9.59 Å². The molecule has 0 aromatic carbocycles. The molecule has 0 aromatic heterocycles. The third kappa shape index (κ3) is 4.13. The minimum absolute atomic E-state index is 0.250. The summed E-state index contributed by atoms with van der Waals surface area (Å²) in [6.45, 7) is 7.91. The number of aliphatic imine (C=N–C) groups is 1. The Morgan fingerprint density at radius 3 is 2.67 bits per heavy atom. The maximum atomic E-state index is 11.9. The molecule has 1 atom stereocenters. The number of nitrogens with zero attached hydrogens (tertiary/aromatic N) is 2. The molecule has 1 saturated heterocycles. The van der Waals surface area contributed by atoms with E-state index in [2.05, 4.69) is 4.99 Å². The Morgan fingerprint density at radius 1 is 1.44 bits per heavy atom. The first-order valence-corrected chi connectivity index (χ1v) is 6.41. The van der Waals surface area contributed by atoms with Crippen molar-refractivity contribution in [2.45, 2.75) is 58.6 Å². The van der Waals surface area contributed by atoms with E-state index in [-0.39, 0.29) is 5.91 Å². The second-order valence-corrected chi connectivity index (χ2v) is 5.39. The summed E-state index contributed by atoms with van der Waals surface area (Å²) in [5.41, 5.74) is -0.542. The van der Waals surface area contributed by atoms with E-state index < -0.39 is 17.7 Å². The Labute approximate surface area is 108 Å². The van der Waals surface area contributed by atoms with Crippen LogP contribution in [0.2, 0.25) is 0 Å². The van der Waals surface area contributed by atoms with Gasteiger partial charge in [-0.15, -0.1) is 0 Å². The molecule has 0 spiro atoms. The normalized spacial score (nSPS) is 20.4. The molecule has 1 fully saturated rings. The summed E-state index contributed by atoms with van der Waals surface area (Å²) in [6.07, 6.45) is 3.35. The molecule has 1 unspecified atom stereocenters. The zero-order chi connectivity index (χ0) is 13.8. The van der Waals surface area contributed by atoms with Gasteiger partial charge in [0.05, 0.1) is 0 Å². The number of likely N-dealkylation sites (tertiary alicyclic amines) is 1. The van der Waals surface area contributed by atoms with E-state index in [0.717, 1.165) is 6.42 Å². The van der Waals surface area contributed by atoms with Crippen molar-refractivity contribution in [3.63, 3.8) is 0 Å².